The van der Waals surface area contributed by atoms with Crippen molar-refractivity contribution in [2.75, 3.05) is 6.26 Å². The van der Waals surface area contributed by atoms with Crippen LogP contribution >= 0.6 is 11.8 Å². The summed E-state index contributed by atoms with van der Waals surface area (Å²) in [5.41, 5.74) is 5.81. The van der Waals surface area contributed by atoms with Crippen molar-refractivity contribution >= 4 is 34.8 Å². The molecule has 0 fully saturated rings. The second-order valence-corrected chi connectivity index (χ2v) is 8.34. The summed E-state index contributed by atoms with van der Waals surface area (Å²) in [7, 11) is 0.429. The summed E-state index contributed by atoms with van der Waals surface area (Å²) in [6, 6.07) is 13.5. The van der Waals surface area contributed by atoms with Crippen molar-refractivity contribution in [1.82, 2.24) is 0 Å². The van der Waals surface area contributed by atoms with E-state index in [1.165, 1.54) is 43.6 Å². The Hall–Kier alpha value is -1.12. The summed E-state index contributed by atoms with van der Waals surface area (Å²) in [6.07, 6.45) is 6.95. The lowest BCUT2D eigenvalue weighted by Gasteiger charge is -2.17. The first-order valence-corrected chi connectivity index (χ1v) is 9.29. The van der Waals surface area contributed by atoms with E-state index in [9.17, 15) is 0 Å². The fraction of sp³-hybridized carbons (Fsp3) is 0.176. The highest BCUT2D eigenvalue weighted by Gasteiger charge is 2.25. The standard InChI is InChI=1S/C17H15S2/c1-19-10-14-6-2-4-12-8-9-13-5-3-7-15(11-19)17(13)18-16(12)14/h2-9H,10-11H2,1H3/q+1. The Balaban J connectivity index is 2.04. The van der Waals surface area contributed by atoms with E-state index in [2.05, 4.69) is 54.8 Å². The van der Waals surface area contributed by atoms with Gasteiger partial charge in [0.25, 0.3) is 0 Å². The maximum Gasteiger partial charge on any atom is 0.134 e. The fourth-order valence-electron chi connectivity index (χ4n) is 2.81. The number of hydrogen-bond donors (Lipinski definition) is 0. The molecule has 2 bridgehead atoms. The summed E-state index contributed by atoms with van der Waals surface area (Å²) in [5.74, 6) is 2.43. The van der Waals surface area contributed by atoms with Gasteiger partial charge in [-0.25, -0.2) is 0 Å². The molecule has 2 aliphatic heterocycles. The van der Waals surface area contributed by atoms with Crippen LogP contribution in [0.3, 0.4) is 0 Å². The Kier molecular flexibility index (Phi) is 2.75. The number of benzene rings is 2. The molecule has 19 heavy (non-hydrogen) atoms. The molecule has 0 unspecified atom stereocenters. The monoisotopic (exact) mass is 283 g/mol. The fourth-order valence-corrected chi connectivity index (χ4v) is 5.89. The molecule has 0 aliphatic carbocycles. The van der Waals surface area contributed by atoms with Gasteiger partial charge in [0.2, 0.25) is 0 Å². The molecule has 2 heterocycles. The van der Waals surface area contributed by atoms with Crippen molar-refractivity contribution in [1.29, 1.82) is 0 Å². The lowest BCUT2D eigenvalue weighted by atomic mass is 10.1. The van der Waals surface area contributed by atoms with Gasteiger partial charge in [-0.3, -0.25) is 0 Å². The third kappa shape index (κ3) is 1.94. The molecule has 0 amide bonds. The molecule has 2 aliphatic rings. The zero-order chi connectivity index (χ0) is 12.8. The van der Waals surface area contributed by atoms with Gasteiger partial charge < -0.3 is 0 Å². The molecule has 94 valence electrons. The van der Waals surface area contributed by atoms with E-state index in [4.69, 9.17) is 0 Å². The van der Waals surface area contributed by atoms with E-state index < -0.39 is 0 Å². The van der Waals surface area contributed by atoms with Crippen LogP contribution in [0.25, 0.3) is 12.2 Å². The van der Waals surface area contributed by atoms with Crippen LogP contribution in [0, 0.1) is 0 Å². The van der Waals surface area contributed by atoms with Crippen molar-refractivity contribution < 1.29 is 0 Å². The van der Waals surface area contributed by atoms with Crippen LogP contribution in [0.2, 0.25) is 0 Å². The Morgan fingerprint density at radius 2 is 1.37 bits per heavy atom. The molecule has 0 radical (unpaired) electrons. The summed E-state index contributed by atoms with van der Waals surface area (Å²) in [5, 5.41) is 0. The summed E-state index contributed by atoms with van der Waals surface area (Å²) in [4.78, 5) is 2.95. The molecule has 0 saturated heterocycles. The van der Waals surface area contributed by atoms with Crippen molar-refractivity contribution in [2.24, 2.45) is 0 Å². The van der Waals surface area contributed by atoms with Gasteiger partial charge in [-0.2, -0.15) is 0 Å². The van der Waals surface area contributed by atoms with Gasteiger partial charge in [-0.1, -0.05) is 60.3 Å². The van der Waals surface area contributed by atoms with E-state index >= 15 is 0 Å². The molecule has 0 saturated carbocycles. The normalized spacial score (nSPS) is 16.7. The van der Waals surface area contributed by atoms with Crippen LogP contribution in [-0.2, 0) is 22.4 Å². The second-order valence-electron chi connectivity index (χ2n) is 5.18. The second kappa shape index (κ2) is 4.46. The molecular formula is C17H15S2+. The summed E-state index contributed by atoms with van der Waals surface area (Å²) < 4.78 is 0. The van der Waals surface area contributed by atoms with Crippen molar-refractivity contribution in [3.05, 3.63) is 58.7 Å². The van der Waals surface area contributed by atoms with Crippen molar-refractivity contribution in [3.8, 4) is 0 Å². The van der Waals surface area contributed by atoms with Gasteiger partial charge in [0.1, 0.15) is 11.5 Å². The minimum Gasteiger partial charge on any atom is -0.0879 e. The molecule has 2 aromatic rings. The van der Waals surface area contributed by atoms with Gasteiger partial charge in [0, 0.05) is 20.9 Å². The van der Waals surface area contributed by atoms with E-state index in [-0.39, 0.29) is 0 Å². The Bertz CT molecular complexity index is 628. The number of hydrogen-bond acceptors (Lipinski definition) is 1. The SMILES string of the molecule is C[S+]1Cc2cccc3c2Sc2c(cccc2C1)C=C3. The van der Waals surface area contributed by atoms with Crippen molar-refractivity contribution in [3.63, 3.8) is 0 Å². The van der Waals surface area contributed by atoms with E-state index in [1.807, 2.05) is 11.8 Å². The molecule has 0 atom stereocenters. The van der Waals surface area contributed by atoms with Gasteiger partial charge in [-0.15, -0.1) is 0 Å². The topological polar surface area (TPSA) is 0 Å². The first-order valence-electron chi connectivity index (χ1n) is 6.50. The zero-order valence-electron chi connectivity index (χ0n) is 10.8. The third-order valence-electron chi connectivity index (χ3n) is 3.70. The largest absolute Gasteiger partial charge is 0.134 e. The van der Waals surface area contributed by atoms with Crippen molar-refractivity contribution in [2.45, 2.75) is 21.3 Å². The Labute approximate surface area is 121 Å². The predicted octanol–water partition coefficient (Wildman–Crippen LogP) is 4.58. The minimum atomic E-state index is 0.429. The maximum atomic E-state index is 2.40. The first-order chi connectivity index (χ1) is 9.31. The molecule has 0 aromatic heterocycles. The maximum absolute atomic E-state index is 2.40. The highest BCUT2D eigenvalue weighted by molar-refractivity contribution is 8.00. The quantitative estimate of drug-likeness (QED) is 0.544. The van der Waals surface area contributed by atoms with Gasteiger partial charge in [-0.05, 0) is 22.0 Å². The van der Waals surface area contributed by atoms with Crippen LogP contribution in [0.15, 0.2) is 46.2 Å². The lowest BCUT2D eigenvalue weighted by Crippen LogP contribution is -2.10. The lowest BCUT2D eigenvalue weighted by molar-refractivity contribution is 1.18. The summed E-state index contributed by atoms with van der Waals surface area (Å²) >= 11 is 1.98. The Morgan fingerprint density at radius 3 is 1.89 bits per heavy atom. The van der Waals surface area contributed by atoms with Gasteiger partial charge >= 0.3 is 0 Å². The Morgan fingerprint density at radius 1 is 0.842 bits per heavy atom. The number of rotatable bonds is 0. The van der Waals surface area contributed by atoms with E-state index in [0.717, 1.165) is 0 Å². The smallest absolute Gasteiger partial charge is 0.0879 e. The van der Waals surface area contributed by atoms with E-state index in [0.29, 0.717) is 10.9 Å². The van der Waals surface area contributed by atoms with Crippen LogP contribution in [0.5, 0.6) is 0 Å². The third-order valence-corrected chi connectivity index (χ3v) is 6.72. The van der Waals surface area contributed by atoms with Gasteiger partial charge in [0.05, 0.1) is 6.26 Å². The predicted molar refractivity (Wildman–Crippen MR) is 86.6 cm³/mol. The minimum absolute atomic E-state index is 0.429. The molecule has 0 spiro atoms. The zero-order valence-corrected chi connectivity index (χ0v) is 12.5. The molecule has 2 aromatic carbocycles. The van der Waals surface area contributed by atoms with Crippen LogP contribution in [0.1, 0.15) is 22.3 Å². The first kappa shape index (κ1) is 11.7. The molecule has 4 rings (SSSR count). The van der Waals surface area contributed by atoms with Crippen LogP contribution in [0.4, 0.5) is 0 Å². The average molecular weight is 283 g/mol. The van der Waals surface area contributed by atoms with Crippen LogP contribution < -0.4 is 0 Å². The molecular weight excluding hydrogens is 268 g/mol. The molecule has 0 N–H and O–H groups in total. The van der Waals surface area contributed by atoms with Gasteiger partial charge in [0.15, 0.2) is 0 Å². The average Bonchev–Trinajstić information content (AvgIpc) is 2.58. The molecule has 0 nitrogen and oxygen atoms in total. The van der Waals surface area contributed by atoms with Crippen LogP contribution in [-0.4, -0.2) is 6.26 Å². The molecule has 2 heteroatoms. The van der Waals surface area contributed by atoms with E-state index in [1.54, 1.807) is 0 Å². The summed E-state index contributed by atoms with van der Waals surface area (Å²) in [6.45, 7) is 0. The highest BCUT2D eigenvalue weighted by atomic mass is 32.2. The highest BCUT2D eigenvalue weighted by Crippen LogP contribution is 2.43.